The van der Waals surface area contributed by atoms with Gasteiger partial charge in [-0.1, -0.05) is 0 Å². The molecule has 0 saturated heterocycles. The van der Waals surface area contributed by atoms with Crippen LogP contribution >= 0.6 is 0 Å². The summed E-state index contributed by atoms with van der Waals surface area (Å²) in [7, 11) is 2.92. The van der Waals surface area contributed by atoms with Crippen molar-refractivity contribution in [2.45, 2.75) is 0 Å². The predicted octanol–water partition coefficient (Wildman–Crippen LogP) is 0.229. The third-order valence-electron chi connectivity index (χ3n) is 1.15. The van der Waals surface area contributed by atoms with Gasteiger partial charge in [-0.2, -0.15) is 10.2 Å². The van der Waals surface area contributed by atoms with Crippen molar-refractivity contribution in [1.29, 1.82) is 5.26 Å². The molecule has 0 saturated carbocycles. The molecule has 0 radical (unpaired) electrons. The molecule has 0 N–H and O–H groups in total. The Balaban J connectivity index is 3.05. The van der Waals surface area contributed by atoms with Gasteiger partial charge >= 0.3 is 6.01 Å². The number of hydrogen-bond donors (Lipinski definition) is 0. The molecule has 58 valence electrons. The highest BCUT2D eigenvalue weighted by Crippen LogP contribution is 2.14. The molecule has 0 fully saturated rings. The normalized spacial score (nSPS) is 8.82. The first-order valence-electron chi connectivity index (χ1n) is 2.89. The van der Waals surface area contributed by atoms with E-state index in [0.717, 1.165) is 0 Å². The molecule has 0 bridgehead atoms. The molecule has 1 aromatic rings. The lowest BCUT2D eigenvalue weighted by Gasteiger charge is -1.91. The van der Waals surface area contributed by atoms with Gasteiger partial charge in [0, 0.05) is 0 Å². The van der Waals surface area contributed by atoms with E-state index in [1.54, 1.807) is 0 Å². The van der Waals surface area contributed by atoms with Crippen LogP contribution in [-0.2, 0) is 0 Å². The van der Waals surface area contributed by atoms with Gasteiger partial charge in [0.2, 0.25) is 5.88 Å². The molecule has 11 heavy (non-hydrogen) atoms. The number of ether oxygens (including phenoxy) is 2. The van der Waals surface area contributed by atoms with Crippen LogP contribution < -0.4 is 9.47 Å². The monoisotopic (exact) mass is 153 g/mol. The number of rotatable bonds is 2. The molecule has 5 nitrogen and oxygen atoms in total. The van der Waals surface area contributed by atoms with Crippen molar-refractivity contribution < 1.29 is 9.47 Å². The topological polar surface area (TPSA) is 60.1 Å². The SMILES string of the molecule is COc1cn(C#N)c(OC)n1. The van der Waals surface area contributed by atoms with Gasteiger partial charge in [-0.25, -0.2) is 4.57 Å². The van der Waals surface area contributed by atoms with E-state index in [1.165, 1.54) is 25.0 Å². The predicted molar refractivity (Wildman–Crippen MR) is 36.3 cm³/mol. The van der Waals surface area contributed by atoms with Crippen LogP contribution in [0.1, 0.15) is 0 Å². The van der Waals surface area contributed by atoms with Crippen LogP contribution in [0.4, 0.5) is 0 Å². The molecule has 0 aliphatic carbocycles. The van der Waals surface area contributed by atoms with E-state index in [1.807, 2.05) is 6.19 Å². The highest BCUT2D eigenvalue weighted by atomic mass is 16.5. The minimum atomic E-state index is 0.226. The first-order chi connectivity index (χ1) is 5.31. The average Bonchev–Trinajstić information content (AvgIpc) is 2.46. The maximum Gasteiger partial charge on any atom is 0.313 e. The van der Waals surface area contributed by atoms with E-state index in [9.17, 15) is 0 Å². The Bertz CT molecular complexity index is 287. The zero-order valence-electron chi connectivity index (χ0n) is 6.24. The summed E-state index contributed by atoms with van der Waals surface area (Å²) < 4.78 is 10.7. The van der Waals surface area contributed by atoms with E-state index in [0.29, 0.717) is 5.88 Å². The molecule has 0 amide bonds. The molecular formula is C6H7N3O2. The van der Waals surface area contributed by atoms with Gasteiger partial charge in [0.05, 0.1) is 20.4 Å². The molecule has 0 aliphatic rings. The van der Waals surface area contributed by atoms with E-state index in [4.69, 9.17) is 14.7 Å². The minimum absolute atomic E-state index is 0.226. The zero-order valence-corrected chi connectivity index (χ0v) is 6.24. The van der Waals surface area contributed by atoms with Crippen LogP contribution in [0.25, 0.3) is 0 Å². The fourth-order valence-electron chi connectivity index (χ4n) is 0.657. The van der Waals surface area contributed by atoms with E-state index in [2.05, 4.69) is 4.98 Å². The second kappa shape index (κ2) is 2.92. The van der Waals surface area contributed by atoms with Crippen LogP contribution in [0.3, 0.4) is 0 Å². The summed E-state index contributed by atoms with van der Waals surface area (Å²) in [5.74, 6) is 0.364. The number of nitrogens with zero attached hydrogens (tertiary/aromatic N) is 3. The highest BCUT2D eigenvalue weighted by molar-refractivity contribution is 5.17. The molecule has 5 heteroatoms. The minimum Gasteiger partial charge on any atom is -0.480 e. The van der Waals surface area contributed by atoms with Crippen molar-refractivity contribution in [3.05, 3.63) is 6.20 Å². The second-order valence-corrected chi connectivity index (χ2v) is 1.74. The van der Waals surface area contributed by atoms with E-state index >= 15 is 0 Å². The van der Waals surface area contributed by atoms with Crippen molar-refractivity contribution in [3.8, 4) is 18.1 Å². The summed E-state index contributed by atoms with van der Waals surface area (Å²) in [4.78, 5) is 3.81. The lowest BCUT2D eigenvalue weighted by atomic mass is 10.8. The van der Waals surface area contributed by atoms with Crippen LogP contribution in [0.5, 0.6) is 11.9 Å². The van der Waals surface area contributed by atoms with E-state index in [-0.39, 0.29) is 6.01 Å². The lowest BCUT2D eigenvalue weighted by Crippen LogP contribution is -1.92. The number of aromatic nitrogens is 2. The van der Waals surface area contributed by atoms with Crippen molar-refractivity contribution in [1.82, 2.24) is 9.55 Å². The largest absolute Gasteiger partial charge is 0.480 e. The number of methoxy groups -OCH3 is 2. The Morgan fingerprint density at radius 3 is 2.64 bits per heavy atom. The van der Waals surface area contributed by atoms with Crippen LogP contribution in [0.15, 0.2) is 6.20 Å². The Kier molecular flexibility index (Phi) is 1.97. The molecule has 0 spiro atoms. The Morgan fingerprint density at radius 1 is 1.55 bits per heavy atom. The number of imidazole rings is 1. The Hall–Kier alpha value is -1.70. The van der Waals surface area contributed by atoms with Crippen LogP contribution in [0.2, 0.25) is 0 Å². The Morgan fingerprint density at radius 2 is 2.27 bits per heavy atom. The van der Waals surface area contributed by atoms with Crippen LogP contribution in [0, 0.1) is 11.5 Å². The van der Waals surface area contributed by atoms with Crippen molar-refractivity contribution in [3.63, 3.8) is 0 Å². The highest BCUT2D eigenvalue weighted by Gasteiger charge is 2.06. The summed E-state index contributed by atoms with van der Waals surface area (Å²) in [6.07, 6.45) is 3.29. The van der Waals surface area contributed by atoms with E-state index < -0.39 is 0 Å². The maximum absolute atomic E-state index is 8.50. The van der Waals surface area contributed by atoms with Gasteiger partial charge in [0.15, 0.2) is 6.19 Å². The molecule has 1 rings (SSSR count). The van der Waals surface area contributed by atoms with Gasteiger partial charge in [-0.15, -0.1) is 0 Å². The summed E-state index contributed by atoms with van der Waals surface area (Å²) in [5, 5.41) is 8.50. The molecule has 0 atom stereocenters. The molecule has 1 aromatic heterocycles. The molecular weight excluding hydrogens is 146 g/mol. The third kappa shape index (κ3) is 1.24. The van der Waals surface area contributed by atoms with Gasteiger partial charge in [-0.3, -0.25) is 0 Å². The first kappa shape index (κ1) is 7.41. The summed E-state index contributed by atoms with van der Waals surface area (Å²) in [5.41, 5.74) is 0. The van der Waals surface area contributed by atoms with Gasteiger partial charge in [0.1, 0.15) is 0 Å². The molecule has 1 heterocycles. The molecule has 0 unspecified atom stereocenters. The molecule has 0 aromatic carbocycles. The van der Waals surface area contributed by atoms with Gasteiger partial charge < -0.3 is 9.47 Å². The molecule has 0 aliphatic heterocycles. The third-order valence-corrected chi connectivity index (χ3v) is 1.15. The van der Waals surface area contributed by atoms with Gasteiger partial charge in [0.25, 0.3) is 0 Å². The first-order valence-corrected chi connectivity index (χ1v) is 2.89. The standard InChI is InChI=1S/C6H7N3O2/c1-10-5-3-9(4-7)6(8-5)11-2/h3H,1-2H3. The summed E-state index contributed by atoms with van der Waals surface area (Å²) in [6, 6.07) is 0.226. The maximum atomic E-state index is 8.50. The smallest absolute Gasteiger partial charge is 0.313 e. The second-order valence-electron chi connectivity index (χ2n) is 1.74. The quantitative estimate of drug-likeness (QED) is 0.610. The van der Waals surface area contributed by atoms with Crippen molar-refractivity contribution >= 4 is 0 Å². The van der Waals surface area contributed by atoms with Gasteiger partial charge in [-0.05, 0) is 0 Å². The number of nitriles is 1. The Labute approximate surface area is 63.8 Å². The fourth-order valence-corrected chi connectivity index (χ4v) is 0.657. The number of hydrogen-bond acceptors (Lipinski definition) is 4. The van der Waals surface area contributed by atoms with Crippen LogP contribution in [-0.4, -0.2) is 23.8 Å². The average molecular weight is 153 g/mol. The zero-order chi connectivity index (χ0) is 8.27. The fraction of sp³-hybridized carbons (Fsp3) is 0.333. The summed E-state index contributed by atoms with van der Waals surface area (Å²) in [6.45, 7) is 0. The summed E-state index contributed by atoms with van der Waals surface area (Å²) >= 11 is 0. The van der Waals surface area contributed by atoms with Crippen molar-refractivity contribution in [2.75, 3.05) is 14.2 Å². The lowest BCUT2D eigenvalue weighted by molar-refractivity contribution is 0.363. The van der Waals surface area contributed by atoms with Crippen molar-refractivity contribution in [2.24, 2.45) is 0 Å².